The molecule has 2 aromatic rings. The van der Waals surface area contributed by atoms with Crippen LogP contribution in [0, 0.1) is 11.8 Å². The molecule has 150 valence electrons. The van der Waals surface area contributed by atoms with Gasteiger partial charge in [-0.3, -0.25) is 9.59 Å². The molecular formula is C22H28N2O4. The highest BCUT2D eigenvalue weighted by Crippen LogP contribution is 2.33. The lowest BCUT2D eigenvalue weighted by molar-refractivity contribution is -0.137. The van der Waals surface area contributed by atoms with Gasteiger partial charge < -0.3 is 19.4 Å². The lowest BCUT2D eigenvalue weighted by atomic mass is 9.96. The highest BCUT2D eigenvalue weighted by Gasteiger charge is 2.37. The molecule has 0 spiro atoms. The fourth-order valence-corrected chi connectivity index (χ4v) is 3.92. The van der Waals surface area contributed by atoms with E-state index in [0.29, 0.717) is 30.2 Å². The summed E-state index contributed by atoms with van der Waals surface area (Å²) in [6.45, 7) is 5.74. The molecule has 28 heavy (non-hydrogen) atoms. The van der Waals surface area contributed by atoms with Crippen molar-refractivity contribution >= 4 is 22.8 Å². The standard InChI is InChI=1S/C22H28N2O4/c1-3-27-18-8-4-6-16-12-19(28-20(16)18)14(2)23-21(25)17-7-5-11-24(13-17)22(26)15-9-10-15/h4,6,8,12,14-15,17H,3,5,7,9-11,13H2,1-2H3,(H,23,25). The fourth-order valence-electron chi connectivity index (χ4n) is 3.92. The van der Waals surface area contributed by atoms with E-state index in [1.54, 1.807) is 0 Å². The number of para-hydroxylation sites is 1. The van der Waals surface area contributed by atoms with Crippen LogP contribution in [0.15, 0.2) is 28.7 Å². The minimum Gasteiger partial charge on any atom is -0.490 e. The third kappa shape index (κ3) is 3.86. The van der Waals surface area contributed by atoms with Crippen molar-refractivity contribution in [1.82, 2.24) is 10.2 Å². The molecule has 1 aromatic heterocycles. The first kappa shape index (κ1) is 18.8. The largest absolute Gasteiger partial charge is 0.490 e. The lowest BCUT2D eigenvalue weighted by Gasteiger charge is -2.32. The van der Waals surface area contributed by atoms with Gasteiger partial charge >= 0.3 is 0 Å². The first-order chi connectivity index (χ1) is 13.6. The molecule has 2 heterocycles. The molecule has 1 saturated heterocycles. The summed E-state index contributed by atoms with van der Waals surface area (Å²) in [5.41, 5.74) is 0.708. The van der Waals surface area contributed by atoms with Gasteiger partial charge in [0.1, 0.15) is 5.76 Å². The summed E-state index contributed by atoms with van der Waals surface area (Å²) in [6.07, 6.45) is 3.70. The van der Waals surface area contributed by atoms with Gasteiger partial charge in [-0.2, -0.15) is 0 Å². The van der Waals surface area contributed by atoms with Crippen molar-refractivity contribution < 1.29 is 18.7 Å². The van der Waals surface area contributed by atoms with E-state index < -0.39 is 0 Å². The molecule has 1 aromatic carbocycles. The SMILES string of the molecule is CCOc1cccc2cc(C(C)NC(=O)C3CCCN(C(=O)C4CC4)C3)oc12. The van der Waals surface area contributed by atoms with Crippen molar-refractivity contribution in [2.24, 2.45) is 11.8 Å². The van der Waals surface area contributed by atoms with Crippen LogP contribution in [-0.2, 0) is 9.59 Å². The maximum atomic E-state index is 12.8. The molecule has 2 atom stereocenters. The first-order valence-electron chi connectivity index (χ1n) is 10.3. The van der Waals surface area contributed by atoms with Gasteiger partial charge in [-0.05, 0) is 51.7 Å². The van der Waals surface area contributed by atoms with Crippen molar-refractivity contribution in [3.8, 4) is 5.75 Å². The van der Waals surface area contributed by atoms with Crippen LogP contribution in [0.25, 0.3) is 11.0 Å². The minimum absolute atomic E-state index is 0.00807. The summed E-state index contributed by atoms with van der Waals surface area (Å²) in [5.74, 6) is 1.69. The van der Waals surface area contributed by atoms with E-state index in [1.165, 1.54) is 0 Å². The second-order valence-electron chi connectivity index (χ2n) is 7.88. The third-order valence-electron chi connectivity index (χ3n) is 5.64. The summed E-state index contributed by atoms with van der Waals surface area (Å²) in [7, 11) is 0. The number of nitrogens with zero attached hydrogens (tertiary/aromatic N) is 1. The normalized spacial score (nSPS) is 20.8. The smallest absolute Gasteiger partial charge is 0.225 e. The van der Waals surface area contributed by atoms with Gasteiger partial charge in [0.15, 0.2) is 11.3 Å². The molecule has 6 heteroatoms. The van der Waals surface area contributed by atoms with E-state index >= 15 is 0 Å². The minimum atomic E-state index is -0.246. The molecule has 0 radical (unpaired) electrons. The first-order valence-corrected chi connectivity index (χ1v) is 10.3. The number of hydrogen-bond donors (Lipinski definition) is 1. The van der Waals surface area contributed by atoms with Crippen LogP contribution >= 0.6 is 0 Å². The molecule has 1 N–H and O–H groups in total. The van der Waals surface area contributed by atoms with Crippen LogP contribution in [0.3, 0.4) is 0 Å². The third-order valence-corrected chi connectivity index (χ3v) is 5.64. The summed E-state index contributed by atoms with van der Waals surface area (Å²) in [4.78, 5) is 27.0. The van der Waals surface area contributed by atoms with Gasteiger partial charge in [0.2, 0.25) is 11.8 Å². The number of furan rings is 1. The molecule has 4 rings (SSSR count). The van der Waals surface area contributed by atoms with E-state index in [2.05, 4.69) is 5.32 Å². The van der Waals surface area contributed by atoms with Crippen molar-refractivity contribution in [3.05, 3.63) is 30.0 Å². The van der Waals surface area contributed by atoms with Gasteiger partial charge in [-0.25, -0.2) is 0 Å². The Balaban J connectivity index is 1.42. The number of ether oxygens (including phenoxy) is 1. The Hall–Kier alpha value is -2.50. The van der Waals surface area contributed by atoms with E-state index in [9.17, 15) is 9.59 Å². The number of carbonyl (C=O) groups is 2. The van der Waals surface area contributed by atoms with Crippen LogP contribution in [0.1, 0.15) is 51.3 Å². The number of benzene rings is 1. The molecule has 1 saturated carbocycles. The Bertz CT molecular complexity index is 871. The van der Waals surface area contributed by atoms with Gasteiger partial charge in [-0.1, -0.05) is 12.1 Å². The van der Waals surface area contributed by atoms with Crippen LogP contribution in [-0.4, -0.2) is 36.4 Å². The number of fused-ring (bicyclic) bond motifs is 1. The summed E-state index contributed by atoms with van der Waals surface area (Å²) in [6, 6.07) is 7.50. The van der Waals surface area contributed by atoms with E-state index in [1.807, 2.05) is 43.0 Å². The summed E-state index contributed by atoms with van der Waals surface area (Å²) < 4.78 is 11.6. The molecule has 2 amide bonds. The Kier molecular flexibility index (Phi) is 5.29. The van der Waals surface area contributed by atoms with Gasteiger partial charge in [0.25, 0.3) is 0 Å². The average molecular weight is 384 g/mol. The second kappa shape index (κ2) is 7.86. The number of hydrogen-bond acceptors (Lipinski definition) is 4. The Morgan fingerprint density at radius 1 is 1.29 bits per heavy atom. The van der Waals surface area contributed by atoms with Crippen molar-refractivity contribution in [2.75, 3.05) is 19.7 Å². The number of carbonyl (C=O) groups excluding carboxylic acids is 2. The average Bonchev–Trinajstić information content (AvgIpc) is 3.46. The molecule has 2 fully saturated rings. The molecule has 2 unspecified atom stereocenters. The maximum Gasteiger partial charge on any atom is 0.225 e. The number of nitrogens with one attached hydrogen (secondary N) is 1. The Labute approximate surface area is 165 Å². The van der Waals surface area contributed by atoms with E-state index in [4.69, 9.17) is 9.15 Å². The quantitative estimate of drug-likeness (QED) is 0.825. The molecule has 2 aliphatic rings. The highest BCUT2D eigenvalue weighted by molar-refractivity contribution is 5.85. The topological polar surface area (TPSA) is 71.8 Å². The fraction of sp³-hybridized carbons (Fsp3) is 0.545. The Morgan fingerprint density at radius 3 is 2.86 bits per heavy atom. The van der Waals surface area contributed by atoms with Gasteiger partial charge in [-0.15, -0.1) is 0 Å². The van der Waals surface area contributed by atoms with Crippen LogP contribution in [0.5, 0.6) is 5.75 Å². The summed E-state index contributed by atoms with van der Waals surface area (Å²) in [5, 5.41) is 4.03. The zero-order chi connectivity index (χ0) is 19.7. The number of amides is 2. The predicted octanol–water partition coefficient (Wildman–Crippen LogP) is 3.66. The monoisotopic (exact) mass is 384 g/mol. The zero-order valence-corrected chi connectivity index (χ0v) is 16.6. The van der Waals surface area contributed by atoms with E-state index in [0.717, 1.165) is 37.6 Å². The van der Waals surface area contributed by atoms with Gasteiger partial charge in [0.05, 0.1) is 18.6 Å². The van der Waals surface area contributed by atoms with Crippen LogP contribution in [0.2, 0.25) is 0 Å². The molecule has 1 aliphatic carbocycles. The highest BCUT2D eigenvalue weighted by atomic mass is 16.5. The maximum absolute atomic E-state index is 12.8. The van der Waals surface area contributed by atoms with Crippen LogP contribution < -0.4 is 10.1 Å². The molecule has 0 bridgehead atoms. The Morgan fingerprint density at radius 2 is 2.11 bits per heavy atom. The zero-order valence-electron chi connectivity index (χ0n) is 16.6. The number of rotatable bonds is 6. The van der Waals surface area contributed by atoms with E-state index in [-0.39, 0.29) is 29.7 Å². The van der Waals surface area contributed by atoms with Crippen LogP contribution in [0.4, 0.5) is 0 Å². The van der Waals surface area contributed by atoms with Crippen molar-refractivity contribution in [2.45, 2.75) is 45.6 Å². The number of piperidine rings is 1. The number of likely N-dealkylation sites (tertiary alicyclic amines) is 1. The van der Waals surface area contributed by atoms with Crippen molar-refractivity contribution in [3.63, 3.8) is 0 Å². The molecule has 6 nitrogen and oxygen atoms in total. The summed E-state index contributed by atoms with van der Waals surface area (Å²) >= 11 is 0. The predicted molar refractivity (Wildman–Crippen MR) is 106 cm³/mol. The second-order valence-corrected chi connectivity index (χ2v) is 7.88. The van der Waals surface area contributed by atoms with Crippen molar-refractivity contribution in [1.29, 1.82) is 0 Å². The molecular weight excluding hydrogens is 356 g/mol. The van der Waals surface area contributed by atoms with Gasteiger partial charge in [0, 0.05) is 24.4 Å². The lowest BCUT2D eigenvalue weighted by Crippen LogP contribution is -2.46. The molecule has 1 aliphatic heterocycles.